The van der Waals surface area contributed by atoms with E-state index in [-0.39, 0.29) is 11.3 Å². The van der Waals surface area contributed by atoms with E-state index in [4.69, 9.17) is 5.73 Å². The Morgan fingerprint density at radius 1 is 1.35 bits per heavy atom. The number of amides is 1. The lowest BCUT2D eigenvalue weighted by Crippen LogP contribution is -2.54. The van der Waals surface area contributed by atoms with Crippen molar-refractivity contribution >= 4 is 5.91 Å². The van der Waals surface area contributed by atoms with Crippen LogP contribution in [0.1, 0.15) is 52.9 Å². The van der Waals surface area contributed by atoms with Crippen LogP contribution < -0.4 is 11.1 Å². The zero-order valence-electron chi connectivity index (χ0n) is 13.7. The Balaban J connectivity index is 2.70. The minimum absolute atomic E-state index is 0.185. The molecule has 1 saturated heterocycles. The highest BCUT2D eigenvalue weighted by Crippen LogP contribution is 2.30. The molecule has 1 amide bonds. The van der Waals surface area contributed by atoms with Crippen molar-refractivity contribution in [3.8, 4) is 0 Å². The van der Waals surface area contributed by atoms with E-state index in [9.17, 15) is 4.79 Å². The van der Waals surface area contributed by atoms with Crippen molar-refractivity contribution in [1.29, 1.82) is 0 Å². The second-order valence-electron chi connectivity index (χ2n) is 6.59. The van der Waals surface area contributed by atoms with Crippen LogP contribution in [0.5, 0.6) is 0 Å². The second kappa shape index (κ2) is 7.99. The number of hydrogen-bond acceptors (Lipinski definition) is 3. The molecule has 1 rings (SSSR count). The molecule has 0 aromatic rings. The van der Waals surface area contributed by atoms with Crippen LogP contribution in [0.3, 0.4) is 0 Å². The summed E-state index contributed by atoms with van der Waals surface area (Å²) < 4.78 is 0. The van der Waals surface area contributed by atoms with E-state index in [1.807, 2.05) is 0 Å². The monoisotopic (exact) mass is 283 g/mol. The third kappa shape index (κ3) is 4.19. The van der Waals surface area contributed by atoms with Crippen LogP contribution in [-0.2, 0) is 4.79 Å². The van der Waals surface area contributed by atoms with Crippen LogP contribution in [0.15, 0.2) is 0 Å². The fourth-order valence-electron chi connectivity index (χ4n) is 3.50. The third-order valence-electron chi connectivity index (χ3n) is 4.75. The maximum Gasteiger partial charge on any atom is 0.227 e. The number of rotatable bonds is 7. The first kappa shape index (κ1) is 17.4. The molecule has 1 heterocycles. The zero-order chi connectivity index (χ0) is 15.2. The van der Waals surface area contributed by atoms with Gasteiger partial charge in [0, 0.05) is 19.1 Å². The summed E-state index contributed by atoms with van der Waals surface area (Å²) in [4.78, 5) is 15.1. The molecule has 1 fully saturated rings. The lowest BCUT2D eigenvalue weighted by molar-refractivity contribution is -0.133. The Morgan fingerprint density at radius 3 is 2.40 bits per heavy atom. The van der Waals surface area contributed by atoms with Crippen molar-refractivity contribution in [1.82, 2.24) is 10.2 Å². The molecular formula is C16H33N3O. The van der Waals surface area contributed by atoms with Gasteiger partial charge in [0.1, 0.15) is 0 Å². The Labute approximate surface area is 124 Å². The van der Waals surface area contributed by atoms with E-state index in [2.05, 4.69) is 38.0 Å². The van der Waals surface area contributed by atoms with Gasteiger partial charge in [-0.05, 0) is 38.8 Å². The Kier molecular flexibility index (Phi) is 6.96. The molecule has 0 saturated carbocycles. The topological polar surface area (TPSA) is 58.4 Å². The predicted molar refractivity (Wildman–Crippen MR) is 84.5 cm³/mol. The molecule has 0 spiro atoms. The molecule has 1 aliphatic heterocycles. The largest absolute Gasteiger partial charge is 0.352 e. The summed E-state index contributed by atoms with van der Waals surface area (Å²) >= 11 is 0. The fourth-order valence-corrected chi connectivity index (χ4v) is 3.50. The quantitative estimate of drug-likeness (QED) is 0.751. The van der Waals surface area contributed by atoms with Gasteiger partial charge in [-0.25, -0.2) is 0 Å². The normalized spacial score (nSPS) is 24.6. The van der Waals surface area contributed by atoms with Crippen molar-refractivity contribution < 1.29 is 4.79 Å². The number of hydrogen-bond donors (Lipinski definition) is 2. The van der Waals surface area contributed by atoms with E-state index in [1.165, 1.54) is 0 Å². The third-order valence-corrected chi connectivity index (χ3v) is 4.75. The number of nitrogens with one attached hydrogen (secondary N) is 1. The van der Waals surface area contributed by atoms with Crippen molar-refractivity contribution in [3.63, 3.8) is 0 Å². The SMILES string of the molecule is CCCC(CN)(CCC)C(=O)NC1CCN(C)CC1C. The predicted octanol–water partition coefficient (Wildman–Crippen LogP) is 1.99. The average Bonchev–Trinajstić information content (AvgIpc) is 2.41. The molecule has 118 valence electrons. The lowest BCUT2D eigenvalue weighted by atomic mass is 9.77. The molecule has 20 heavy (non-hydrogen) atoms. The van der Waals surface area contributed by atoms with E-state index < -0.39 is 0 Å². The van der Waals surface area contributed by atoms with Gasteiger partial charge in [-0.1, -0.05) is 33.6 Å². The second-order valence-corrected chi connectivity index (χ2v) is 6.59. The van der Waals surface area contributed by atoms with Crippen molar-refractivity contribution in [2.45, 2.75) is 58.9 Å². The summed E-state index contributed by atoms with van der Waals surface area (Å²) in [6.45, 7) is 9.07. The molecule has 0 bridgehead atoms. The molecule has 0 aromatic carbocycles. The van der Waals surface area contributed by atoms with Crippen LogP contribution in [0.25, 0.3) is 0 Å². The summed E-state index contributed by atoms with van der Waals surface area (Å²) in [5.41, 5.74) is 5.62. The lowest BCUT2D eigenvalue weighted by Gasteiger charge is -2.38. The summed E-state index contributed by atoms with van der Waals surface area (Å²) in [7, 11) is 2.15. The van der Waals surface area contributed by atoms with Gasteiger partial charge in [-0.15, -0.1) is 0 Å². The van der Waals surface area contributed by atoms with E-state index in [1.54, 1.807) is 0 Å². The van der Waals surface area contributed by atoms with Gasteiger partial charge < -0.3 is 16.0 Å². The molecule has 0 aromatic heterocycles. The number of carbonyl (C=O) groups is 1. The van der Waals surface area contributed by atoms with E-state index in [0.29, 0.717) is 18.5 Å². The Hall–Kier alpha value is -0.610. The minimum atomic E-state index is -0.355. The summed E-state index contributed by atoms with van der Waals surface area (Å²) in [6, 6.07) is 0.304. The fraction of sp³-hybridized carbons (Fsp3) is 0.938. The summed E-state index contributed by atoms with van der Waals surface area (Å²) in [5.74, 6) is 0.696. The van der Waals surface area contributed by atoms with Crippen LogP contribution in [0.2, 0.25) is 0 Å². The minimum Gasteiger partial charge on any atom is -0.352 e. The number of carbonyl (C=O) groups excluding carboxylic acids is 1. The van der Waals surface area contributed by atoms with Crippen LogP contribution in [0.4, 0.5) is 0 Å². The number of nitrogens with two attached hydrogens (primary N) is 1. The molecule has 1 aliphatic rings. The maximum atomic E-state index is 12.8. The molecule has 0 radical (unpaired) electrons. The van der Waals surface area contributed by atoms with Gasteiger partial charge in [0.2, 0.25) is 5.91 Å². The number of likely N-dealkylation sites (tertiary alicyclic amines) is 1. The maximum absolute atomic E-state index is 12.8. The standard InChI is InChI=1S/C16H33N3O/c1-5-8-16(12-17,9-6-2)15(20)18-14-7-10-19(4)11-13(14)3/h13-14H,5-12,17H2,1-4H3,(H,18,20). The van der Waals surface area contributed by atoms with Crippen LogP contribution in [0, 0.1) is 11.3 Å². The Bertz CT molecular complexity index is 300. The first-order valence-electron chi connectivity index (χ1n) is 8.18. The van der Waals surface area contributed by atoms with Gasteiger partial charge in [-0.2, -0.15) is 0 Å². The number of piperidine rings is 1. The van der Waals surface area contributed by atoms with Crippen molar-refractivity contribution in [3.05, 3.63) is 0 Å². The molecule has 3 N–H and O–H groups in total. The average molecular weight is 283 g/mol. The first-order valence-corrected chi connectivity index (χ1v) is 8.18. The molecule has 0 aliphatic carbocycles. The van der Waals surface area contributed by atoms with Crippen molar-refractivity contribution in [2.75, 3.05) is 26.7 Å². The first-order chi connectivity index (χ1) is 9.49. The molecule has 4 nitrogen and oxygen atoms in total. The van der Waals surface area contributed by atoms with Gasteiger partial charge in [0.15, 0.2) is 0 Å². The van der Waals surface area contributed by atoms with Gasteiger partial charge in [0.25, 0.3) is 0 Å². The van der Waals surface area contributed by atoms with Crippen molar-refractivity contribution in [2.24, 2.45) is 17.1 Å². The molecule has 4 heteroatoms. The highest BCUT2D eigenvalue weighted by atomic mass is 16.2. The smallest absolute Gasteiger partial charge is 0.227 e. The van der Waals surface area contributed by atoms with E-state index in [0.717, 1.165) is 45.2 Å². The van der Waals surface area contributed by atoms with Gasteiger partial charge >= 0.3 is 0 Å². The number of nitrogens with zero attached hydrogens (tertiary/aromatic N) is 1. The highest BCUT2D eigenvalue weighted by Gasteiger charge is 2.37. The molecule has 2 atom stereocenters. The van der Waals surface area contributed by atoms with Crippen LogP contribution >= 0.6 is 0 Å². The zero-order valence-corrected chi connectivity index (χ0v) is 13.7. The van der Waals surface area contributed by atoms with Crippen LogP contribution in [-0.4, -0.2) is 43.5 Å². The van der Waals surface area contributed by atoms with E-state index >= 15 is 0 Å². The summed E-state index contributed by atoms with van der Waals surface area (Å²) in [6.07, 6.45) is 4.85. The molecule has 2 unspecified atom stereocenters. The summed E-state index contributed by atoms with van der Waals surface area (Å²) in [5, 5.41) is 3.31. The Morgan fingerprint density at radius 2 is 1.95 bits per heavy atom. The van der Waals surface area contributed by atoms with Gasteiger partial charge in [0.05, 0.1) is 5.41 Å². The van der Waals surface area contributed by atoms with Gasteiger partial charge in [-0.3, -0.25) is 4.79 Å². The molecular weight excluding hydrogens is 250 g/mol. The highest BCUT2D eigenvalue weighted by molar-refractivity contribution is 5.83.